The van der Waals surface area contributed by atoms with Crippen LogP contribution < -0.4 is 5.32 Å². The Morgan fingerprint density at radius 1 is 1.42 bits per heavy atom. The lowest BCUT2D eigenvalue weighted by molar-refractivity contribution is 0.00385. The highest BCUT2D eigenvalue weighted by Gasteiger charge is 2.18. The van der Waals surface area contributed by atoms with Gasteiger partial charge in [-0.05, 0) is 30.9 Å². The first-order chi connectivity index (χ1) is 11.7. The molecular formula is C18H24N4O2. The summed E-state index contributed by atoms with van der Waals surface area (Å²) >= 11 is 0. The van der Waals surface area contributed by atoms with Crippen molar-refractivity contribution in [3.8, 4) is 5.69 Å². The third-order valence-electron chi connectivity index (χ3n) is 4.30. The van der Waals surface area contributed by atoms with E-state index in [2.05, 4.69) is 10.3 Å². The first-order valence-corrected chi connectivity index (χ1v) is 8.41. The minimum Gasteiger partial charge on any atom is -0.376 e. The van der Waals surface area contributed by atoms with Gasteiger partial charge < -0.3 is 19.5 Å². The second-order valence-corrected chi connectivity index (χ2v) is 6.13. The molecule has 1 aromatic carbocycles. The van der Waals surface area contributed by atoms with Crippen molar-refractivity contribution in [3.05, 3.63) is 48.5 Å². The van der Waals surface area contributed by atoms with E-state index >= 15 is 0 Å². The summed E-state index contributed by atoms with van der Waals surface area (Å²) in [4.78, 5) is 18.1. The molecular weight excluding hydrogens is 304 g/mol. The van der Waals surface area contributed by atoms with Crippen molar-refractivity contribution in [1.82, 2.24) is 19.8 Å². The van der Waals surface area contributed by atoms with E-state index in [1.807, 2.05) is 42.1 Å². The molecule has 1 fully saturated rings. The Kier molecular flexibility index (Phi) is 5.48. The predicted molar refractivity (Wildman–Crippen MR) is 92.0 cm³/mol. The maximum Gasteiger partial charge on any atom is 0.317 e. The maximum atomic E-state index is 12.3. The number of para-hydroxylation sites is 1. The first kappa shape index (κ1) is 16.5. The smallest absolute Gasteiger partial charge is 0.317 e. The molecule has 2 aromatic rings. The van der Waals surface area contributed by atoms with Gasteiger partial charge in [-0.25, -0.2) is 9.78 Å². The number of aromatic nitrogens is 2. The molecule has 128 valence electrons. The molecule has 6 heteroatoms. The van der Waals surface area contributed by atoms with Crippen molar-refractivity contribution in [2.45, 2.75) is 31.9 Å². The van der Waals surface area contributed by atoms with E-state index in [4.69, 9.17) is 4.74 Å². The van der Waals surface area contributed by atoms with Crippen LogP contribution in [0.1, 0.15) is 24.8 Å². The molecule has 0 aliphatic carbocycles. The summed E-state index contributed by atoms with van der Waals surface area (Å²) in [5, 5.41) is 2.99. The number of nitrogens with zero attached hydrogens (tertiary/aromatic N) is 3. The van der Waals surface area contributed by atoms with Crippen molar-refractivity contribution in [2.24, 2.45) is 0 Å². The fraction of sp³-hybridized carbons (Fsp3) is 0.444. The number of carbonyl (C=O) groups is 1. The van der Waals surface area contributed by atoms with Gasteiger partial charge in [-0.15, -0.1) is 0 Å². The molecule has 1 aliphatic heterocycles. The zero-order chi connectivity index (χ0) is 16.8. The number of hydrogen-bond donors (Lipinski definition) is 1. The molecule has 1 aromatic heterocycles. The number of benzene rings is 1. The van der Waals surface area contributed by atoms with Gasteiger partial charge in [0.1, 0.15) is 0 Å². The third-order valence-corrected chi connectivity index (χ3v) is 4.30. The highest BCUT2D eigenvalue weighted by atomic mass is 16.5. The number of likely N-dealkylation sites (N-methyl/N-ethyl adjacent to an activating group) is 1. The monoisotopic (exact) mass is 328 g/mol. The van der Waals surface area contributed by atoms with Crippen LogP contribution in [0.4, 0.5) is 4.79 Å². The number of carbonyl (C=O) groups excluding carboxylic acids is 1. The summed E-state index contributed by atoms with van der Waals surface area (Å²) in [6.07, 6.45) is 8.89. The highest BCUT2D eigenvalue weighted by molar-refractivity contribution is 5.74. The molecule has 6 nitrogen and oxygen atoms in total. The van der Waals surface area contributed by atoms with E-state index in [0.29, 0.717) is 13.1 Å². The van der Waals surface area contributed by atoms with Crippen LogP contribution in [0.5, 0.6) is 0 Å². The quantitative estimate of drug-likeness (QED) is 0.918. The van der Waals surface area contributed by atoms with E-state index in [0.717, 1.165) is 30.7 Å². The number of amides is 2. The van der Waals surface area contributed by atoms with E-state index in [1.54, 1.807) is 17.4 Å². The Morgan fingerprint density at radius 3 is 3.04 bits per heavy atom. The van der Waals surface area contributed by atoms with Crippen LogP contribution in [0.2, 0.25) is 0 Å². The van der Waals surface area contributed by atoms with Crippen molar-refractivity contribution < 1.29 is 9.53 Å². The highest BCUT2D eigenvalue weighted by Crippen LogP contribution is 2.15. The summed E-state index contributed by atoms with van der Waals surface area (Å²) in [6, 6.07) is 7.90. The van der Waals surface area contributed by atoms with Gasteiger partial charge >= 0.3 is 6.03 Å². The number of hydrogen-bond acceptors (Lipinski definition) is 3. The van der Waals surface area contributed by atoms with Gasteiger partial charge in [0.15, 0.2) is 0 Å². The Labute approximate surface area is 142 Å². The van der Waals surface area contributed by atoms with Gasteiger partial charge in [-0.1, -0.05) is 18.2 Å². The normalized spacial score (nSPS) is 17.5. The van der Waals surface area contributed by atoms with E-state index in [-0.39, 0.29) is 12.1 Å². The molecule has 1 aliphatic rings. The van der Waals surface area contributed by atoms with Gasteiger partial charge in [0, 0.05) is 39.1 Å². The van der Waals surface area contributed by atoms with Gasteiger partial charge in [0.2, 0.25) is 0 Å². The lowest BCUT2D eigenvalue weighted by atomic mass is 10.1. The molecule has 2 heterocycles. The first-order valence-electron chi connectivity index (χ1n) is 8.41. The lowest BCUT2D eigenvalue weighted by Gasteiger charge is -2.27. The molecule has 1 unspecified atom stereocenters. The van der Waals surface area contributed by atoms with Crippen LogP contribution in [0.3, 0.4) is 0 Å². The van der Waals surface area contributed by atoms with Crippen molar-refractivity contribution in [3.63, 3.8) is 0 Å². The van der Waals surface area contributed by atoms with Crippen LogP contribution in [-0.2, 0) is 11.3 Å². The summed E-state index contributed by atoms with van der Waals surface area (Å²) in [5.41, 5.74) is 2.07. The molecule has 1 N–H and O–H groups in total. The topological polar surface area (TPSA) is 59.4 Å². The predicted octanol–water partition coefficient (Wildman–Crippen LogP) is 2.58. The Balaban J connectivity index is 1.56. The van der Waals surface area contributed by atoms with Crippen LogP contribution in [0.25, 0.3) is 5.69 Å². The summed E-state index contributed by atoms with van der Waals surface area (Å²) in [7, 11) is 1.81. The standard InChI is InChI=1S/C18H24N4O2/c1-21(13-16-7-4-5-11-24-16)18(23)20-12-15-6-2-3-8-17(15)22-10-9-19-14-22/h2-3,6,8-10,14,16H,4-5,7,11-13H2,1H3,(H,20,23). The van der Waals surface area contributed by atoms with E-state index < -0.39 is 0 Å². The zero-order valence-corrected chi connectivity index (χ0v) is 14.0. The van der Waals surface area contributed by atoms with Gasteiger partial charge in [0.25, 0.3) is 0 Å². The number of imidazole rings is 1. The maximum absolute atomic E-state index is 12.3. The fourth-order valence-electron chi connectivity index (χ4n) is 2.96. The van der Waals surface area contributed by atoms with Crippen LogP contribution in [-0.4, -0.2) is 46.8 Å². The summed E-state index contributed by atoms with van der Waals surface area (Å²) in [5.74, 6) is 0. The molecule has 0 radical (unpaired) electrons. The third kappa shape index (κ3) is 4.14. The fourth-order valence-corrected chi connectivity index (χ4v) is 2.96. The van der Waals surface area contributed by atoms with E-state index in [9.17, 15) is 4.79 Å². The lowest BCUT2D eigenvalue weighted by Crippen LogP contribution is -2.42. The zero-order valence-electron chi connectivity index (χ0n) is 14.0. The molecule has 2 amide bonds. The molecule has 0 spiro atoms. The van der Waals surface area contributed by atoms with E-state index in [1.165, 1.54) is 6.42 Å². The second kappa shape index (κ2) is 7.97. The van der Waals surface area contributed by atoms with Gasteiger partial charge in [-0.3, -0.25) is 0 Å². The Morgan fingerprint density at radius 2 is 2.29 bits per heavy atom. The van der Waals surface area contributed by atoms with Crippen LogP contribution in [0, 0.1) is 0 Å². The SMILES string of the molecule is CN(CC1CCCCO1)C(=O)NCc1ccccc1-n1ccnc1. The number of rotatable bonds is 5. The molecule has 3 rings (SSSR count). The molecule has 1 saturated heterocycles. The minimum absolute atomic E-state index is 0.0791. The summed E-state index contributed by atoms with van der Waals surface area (Å²) in [6.45, 7) is 1.91. The average Bonchev–Trinajstić information content (AvgIpc) is 3.15. The van der Waals surface area contributed by atoms with Gasteiger partial charge in [-0.2, -0.15) is 0 Å². The average molecular weight is 328 g/mol. The number of nitrogens with one attached hydrogen (secondary N) is 1. The molecule has 24 heavy (non-hydrogen) atoms. The molecule has 0 saturated carbocycles. The largest absolute Gasteiger partial charge is 0.376 e. The van der Waals surface area contributed by atoms with Crippen LogP contribution >= 0.6 is 0 Å². The van der Waals surface area contributed by atoms with Crippen LogP contribution in [0.15, 0.2) is 43.0 Å². The van der Waals surface area contributed by atoms with Crippen molar-refractivity contribution in [2.75, 3.05) is 20.2 Å². The van der Waals surface area contributed by atoms with Crippen molar-refractivity contribution >= 4 is 6.03 Å². The van der Waals surface area contributed by atoms with Crippen molar-refractivity contribution in [1.29, 1.82) is 0 Å². The molecule has 1 atom stereocenters. The number of ether oxygens (including phenoxy) is 1. The number of urea groups is 1. The Bertz CT molecular complexity index is 651. The molecule has 0 bridgehead atoms. The minimum atomic E-state index is -0.0791. The van der Waals surface area contributed by atoms with Gasteiger partial charge in [0.05, 0.1) is 18.1 Å². The second-order valence-electron chi connectivity index (χ2n) is 6.13. The summed E-state index contributed by atoms with van der Waals surface area (Å²) < 4.78 is 7.64. The Hall–Kier alpha value is -2.34.